The number of halogens is 1. The summed E-state index contributed by atoms with van der Waals surface area (Å²) in [6.07, 6.45) is 0.666. The average molecular weight is 266 g/mol. The van der Waals surface area contributed by atoms with E-state index in [2.05, 4.69) is 10.6 Å². The van der Waals surface area contributed by atoms with Crippen LogP contribution in [0.5, 0.6) is 0 Å². The number of hydrogen-bond donors (Lipinski definition) is 3. The zero-order chi connectivity index (χ0) is 14.0. The number of aromatic carboxylic acids is 1. The van der Waals surface area contributed by atoms with E-state index in [1.807, 2.05) is 0 Å². The fourth-order valence-electron chi connectivity index (χ4n) is 1.81. The molecule has 6 nitrogen and oxygen atoms in total. The molecule has 0 aliphatic carbocycles. The van der Waals surface area contributed by atoms with Crippen LogP contribution in [0.3, 0.4) is 0 Å². The van der Waals surface area contributed by atoms with Crippen molar-refractivity contribution in [1.82, 2.24) is 5.32 Å². The van der Waals surface area contributed by atoms with Gasteiger partial charge in [-0.1, -0.05) is 0 Å². The summed E-state index contributed by atoms with van der Waals surface area (Å²) in [4.78, 5) is 33.5. The highest BCUT2D eigenvalue weighted by atomic mass is 19.1. The molecule has 1 fully saturated rings. The Morgan fingerprint density at radius 3 is 2.74 bits per heavy atom. The van der Waals surface area contributed by atoms with Crippen molar-refractivity contribution >= 4 is 23.5 Å². The second-order valence-electron chi connectivity index (χ2n) is 4.15. The molecular weight excluding hydrogens is 255 g/mol. The lowest BCUT2D eigenvalue weighted by molar-refractivity contribution is -0.122. The quantitative estimate of drug-likeness (QED) is 0.752. The van der Waals surface area contributed by atoms with Gasteiger partial charge in [0.2, 0.25) is 11.8 Å². The van der Waals surface area contributed by atoms with Gasteiger partial charge < -0.3 is 15.7 Å². The molecule has 1 aliphatic rings. The van der Waals surface area contributed by atoms with Crippen molar-refractivity contribution in [2.75, 3.05) is 5.32 Å². The summed E-state index contributed by atoms with van der Waals surface area (Å²) in [5.41, 5.74) is -0.349. The number of carboxylic acids is 1. The highest BCUT2D eigenvalue weighted by Gasteiger charge is 2.27. The molecule has 7 heteroatoms. The minimum Gasteiger partial charge on any atom is -0.478 e. The number of carbonyl (C=O) groups is 3. The van der Waals surface area contributed by atoms with Gasteiger partial charge in [0, 0.05) is 12.1 Å². The highest BCUT2D eigenvalue weighted by Crippen LogP contribution is 2.16. The Balaban J connectivity index is 2.11. The molecule has 0 saturated carbocycles. The van der Waals surface area contributed by atoms with Crippen molar-refractivity contribution in [3.63, 3.8) is 0 Å². The molecule has 1 aromatic carbocycles. The molecule has 0 radical (unpaired) electrons. The van der Waals surface area contributed by atoms with Gasteiger partial charge in [0.1, 0.15) is 11.9 Å². The predicted octanol–water partition coefficient (Wildman–Crippen LogP) is 0.741. The Labute approximate surface area is 107 Å². The van der Waals surface area contributed by atoms with Gasteiger partial charge in [-0.15, -0.1) is 0 Å². The van der Waals surface area contributed by atoms with E-state index in [1.165, 1.54) is 6.07 Å². The van der Waals surface area contributed by atoms with Gasteiger partial charge in [-0.05, 0) is 24.6 Å². The molecular formula is C12H11FN2O4. The van der Waals surface area contributed by atoms with E-state index >= 15 is 0 Å². The lowest BCUT2D eigenvalue weighted by atomic mass is 10.1. The van der Waals surface area contributed by atoms with Crippen LogP contribution >= 0.6 is 0 Å². The van der Waals surface area contributed by atoms with Crippen molar-refractivity contribution in [3.05, 3.63) is 29.6 Å². The normalized spacial score (nSPS) is 17.9. The number of carboxylic acid groups (broad SMARTS) is 1. The number of rotatable bonds is 3. The number of hydrogen-bond acceptors (Lipinski definition) is 3. The number of nitrogens with one attached hydrogen (secondary N) is 2. The van der Waals surface area contributed by atoms with Gasteiger partial charge in [0.05, 0.1) is 5.56 Å². The third-order valence-electron chi connectivity index (χ3n) is 2.78. The summed E-state index contributed by atoms with van der Waals surface area (Å²) >= 11 is 0. The minimum absolute atomic E-state index is 0.171. The molecule has 1 aromatic rings. The van der Waals surface area contributed by atoms with Gasteiger partial charge in [-0.3, -0.25) is 9.59 Å². The van der Waals surface area contributed by atoms with E-state index < -0.39 is 29.3 Å². The van der Waals surface area contributed by atoms with E-state index in [-0.39, 0.29) is 18.0 Å². The number of benzene rings is 1. The van der Waals surface area contributed by atoms with Crippen LogP contribution in [0.2, 0.25) is 0 Å². The Morgan fingerprint density at radius 1 is 1.42 bits per heavy atom. The van der Waals surface area contributed by atoms with Crippen LogP contribution in [0.4, 0.5) is 10.1 Å². The Bertz CT molecular complexity index is 559. The fourth-order valence-corrected chi connectivity index (χ4v) is 1.81. The van der Waals surface area contributed by atoms with E-state index in [4.69, 9.17) is 5.11 Å². The molecule has 0 aromatic heterocycles. The number of carbonyl (C=O) groups excluding carboxylic acids is 2. The second-order valence-corrected chi connectivity index (χ2v) is 4.15. The van der Waals surface area contributed by atoms with Crippen LogP contribution in [0.1, 0.15) is 23.2 Å². The molecule has 0 spiro atoms. The summed E-state index contributed by atoms with van der Waals surface area (Å²) in [6, 6.07) is 2.63. The zero-order valence-electron chi connectivity index (χ0n) is 9.77. The fraction of sp³-hybridized carbons (Fsp3) is 0.250. The Kier molecular flexibility index (Phi) is 3.46. The standard InChI is InChI=1S/C12H11FN2O4/c13-8-2-1-6(5-7(8)12(18)19)14-11(17)9-3-4-10(16)15-9/h1-2,5,9H,3-4H2,(H,14,17)(H,15,16)(H,18,19)/t9-/m0/s1. The van der Waals surface area contributed by atoms with Crippen LogP contribution in [-0.4, -0.2) is 28.9 Å². The number of anilines is 1. The van der Waals surface area contributed by atoms with Crippen LogP contribution in [0, 0.1) is 5.82 Å². The van der Waals surface area contributed by atoms with Crippen LogP contribution in [0.15, 0.2) is 18.2 Å². The van der Waals surface area contributed by atoms with Crippen molar-refractivity contribution in [1.29, 1.82) is 0 Å². The van der Waals surface area contributed by atoms with Crippen LogP contribution < -0.4 is 10.6 Å². The zero-order valence-corrected chi connectivity index (χ0v) is 9.77. The molecule has 0 unspecified atom stereocenters. The Hall–Kier alpha value is -2.44. The molecule has 2 rings (SSSR count). The summed E-state index contributed by atoms with van der Waals surface area (Å²) in [5.74, 6) is -2.94. The lowest BCUT2D eigenvalue weighted by Crippen LogP contribution is -2.37. The van der Waals surface area contributed by atoms with E-state index in [0.29, 0.717) is 6.42 Å². The average Bonchev–Trinajstić information content (AvgIpc) is 2.78. The SMILES string of the molecule is O=C1CC[C@@H](C(=O)Nc2ccc(F)c(C(=O)O)c2)N1. The van der Waals surface area contributed by atoms with Crippen molar-refractivity contribution < 1.29 is 23.9 Å². The Morgan fingerprint density at radius 2 is 2.16 bits per heavy atom. The van der Waals surface area contributed by atoms with Crippen molar-refractivity contribution in [2.24, 2.45) is 0 Å². The molecule has 1 saturated heterocycles. The van der Waals surface area contributed by atoms with Gasteiger partial charge in [-0.2, -0.15) is 0 Å². The molecule has 3 N–H and O–H groups in total. The first-order chi connectivity index (χ1) is 8.97. The van der Waals surface area contributed by atoms with Crippen LogP contribution in [0.25, 0.3) is 0 Å². The maximum absolute atomic E-state index is 13.2. The smallest absolute Gasteiger partial charge is 0.338 e. The topological polar surface area (TPSA) is 95.5 Å². The molecule has 100 valence electrons. The lowest BCUT2D eigenvalue weighted by Gasteiger charge is -2.11. The van der Waals surface area contributed by atoms with Crippen molar-refractivity contribution in [3.8, 4) is 0 Å². The summed E-state index contributed by atoms with van der Waals surface area (Å²) in [7, 11) is 0. The first kappa shape index (κ1) is 13.0. The molecule has 2 amide bonds. The van der Waals surface area contributed by atoms with Crippen molar-refractivity contribution in [2.45, 2.75) is 18.9 Å². The highest BCUT2D eigenvalue weighted by molar-refractivity contribution is 5.99. The largest absolute Gasteiger partial charge is 0.478 e. The van der Waals surface area contributed by atoms with Gasteiger partial charge in [0.25, 0.3) is 0 Å². The first-order valence-corrected chi connectivity index (χ1v) is 5.60. The third kappa shape index (κ3) is 2.87. The van der Waals surface area contributed by atoms with E-state index in [1.54, 1.807) is 0 Å². The number of amides is 2. The maximum atomic E-state index is 13.2. The minimum atomic E-state index is -1.41. The summed E-state index contributed by atoms with van der Waals surface area (Å²) in [6.45, 7) is 0. The monoisotopic (exact) mass is 266 g/mol. The molecule has 1 heterocycles. The maximum Gasteiger partial charge on any atom is 0.338 e. The van der Waals surface area contributed by atoms with Crippen LogP contribution in [-0.2, 0) is 9.59 Å². The van der Waals surface area contributed by atoms with Gasteiger partial charge >= 0.3 is 5.97 Å². The first-order valence-electron chi connectivity index (χ1n) is 5.60. The van der Waals surface area contributed by atoms with E-state index in [0.717, 1.165) is 12.1 Å². The molecule has 0 bridgehead atoms. The van der Waals surface area contributed by atoms with Gasteiger partial charge in [-0.25, -0.2) is 9.18 Å². The molecule has 1 aliphatic heterocycles. The van der Waals surface area contributed by atoms with Gasteiger partial charge in [0.15, 0.2) is 0 Å². The van der Waals surface area contributed by atoms with E-state index in [9.17, 15) is 18.8 Å². The molecule has 19 heavy (non-hydrogen) atoms. The third-order valence-corrected chi connectivity index (χ3v) is 2.78. The summed E-state index contributed by atoms with van der Waals surface area (Å²) < 4.78 is 13.2. The second kappa shape index (κ2) is 5.05. The molecule has 1 atom stereocenters. The summed E-state index contributed by atoms with van der Waals surface area (Å²) in [5, 5.41) is 13.7. The predicted molar refractivity (Wildman–Crippen MR) is 63.2 cm³/mol.